The van der Waals surface area contributed by atoms with Crippen LogP contribution in [0.25, 0.3) is 0 Å². The van der Waals surface area contributed by atoms with Gasteiger partial charge in [-0.2, -0.15) is 0 Å². The molecule has 3 fully saturated rings. The van der Waals surface area contributed by atoms with Crippen molar-refractivity contribution in [2.24, 2.45) is 0 Å². The fourth-order valence-corrected chi connectivity index (χ4v) is 4.29. The van der Waals surface area contributed by atoms with Gasteiger partial charge in [-0.3, -0.25) is 9.80 Å². The van der Waals surface area contributed by atoms with Crippen LogP contribution in [-0.4, -0.2) is 41.1 Å². The van der Waals surface area contributed by atoms with Crippen LogP contribution in [-0.2, 0) is 0 Å². The minimum Gasteiger partial charge on any atom is -0.285 e. The maximum atomic E-state index is 2.85. The quantitative estimate of drug-likeness (QED) is 0.709. The first kappa shape index (κ1) is 11.0. The Morgan fingerprint density at radius 2 is 1.88 bits per heavy atom. The highest BCUT2D eigenvalue weighted by Crippen LogP contribution is 2.37. The van der Waals surface area contributed by atoms with Crippen molar-refractivity contribution in [3.8, 4) is 0 Å². The van der Waals surface area contributed by atoms with E-state index in [2.05, 4.69) is 16.7 Å². The van der Waals surface area contributed by atoms with Gasteiger partial charge in [-0.25, -0.2) is 0 Å². The Morgan fingerprint density at radius 1 is 1.00 bits per heavy atom. The molecule has 0 unspecified atom stereocenters. The molecule has 3 aliphatic rings. The first-order chi connectivity index (χ1) is 7.90. The van der Waals surface area contributed by atoms with Gasteiger partial charge in [0.15, 0.2) is 0 Å². The van der Waals surface area contributed by atoms with E-state index in [1.54, 1.807) is 0 Å². The molecule has 0 amide bonds. The van der Waals surface area contributed by atoms with E-state index < -0.39 is 0 Å². The molecule has 16 heavy (non-hydrogen) atoms. The van der Waals surface area contributed by atoms with Crippen LogP contribution in [0.15, 0.2) is 0 Å². The third kappa shape index (κ3) is 1.80. The molecule has 0 radical (unpaired) electrons. The van der Waals surface area contributed by atoms with Gasteiger partial charge < -0.3 is 0 Å². The van der Waals surface area contributed by atoms with Gasteiger partial charge in [-0.1, -0.05) is 19.8 Å². The predicted molar refractivity (Wildman–Crippen MR) is 67.4 cm³/mol. The zero-order chi connectivity index (χ0) is 11.0. The molecule has 3 atom stereocenters. The molecule has 0 bridgehead atoms. The van der Waals surface area contributed by atoms with Gasteiger partial charge in [0, 0.05) is 18.6 Å². The van der Waals surface area contributed by atoms with E-state index in [0.717, 1.165) is 18.2 Å². The molecule has 3 rings (SSSR count). The number of rotatable bonds is 2. The maximum absolute atomic E-state index is 2.85. The molecule has 3 heterocycles. The molecule has 2 heteroatoms. The Kier molecular flexibility index (Phi) is 3.21. The van der Waals surface area contributed by atoms with E-state index in [1.165, 1.54) is 64.5 Å². The van der Waals surface area contributed by atoms with Crippen molar-refractivity contribution in [1.82, 2.24) is 9.80 Å². The molecule has 0 aromatic rings. The van der Waals surface area contributed by atoms with Crippen molar-refractivity contribution >= 4 is 0 Å². The van der Waals surface area contributed by atoms with Crippen molar-refractivity contribution < 1.29 is 0 Å². The van der Waals surface area contributed by atoms with E-state index in [9.17, 15) is 0 Å². The van der Waals surface area contributed by atoms with Gasteiger partial charge in [0.1, 0.15) is 0 Å². The van der Waals surface area contributed by atoms with Gasteiger partial charge in [0.2, 0.25) is 0 Å². The topological polar surface area (TPSA) is 6.48 Å². The van der Waals surface area contributed by atoms with Crippen LogP contribution in [0.3, 0.4) is 0 Å². The average molecular weight is 222 g/mol. The largest absolute Gasteiger partial charge is 0.285 e. The predicted octanol–water partition coefficient (Wildman–Crippen LogP) is 2.84. The second-order valence-corrected chi connectivity index (χ2v) is 5.93. The molecule has 0 aromatic heterocycles. The highest BCUT2D eigenvalue weighted by atomic mass is 15.4. The number of piperidine rings is 1. The van der Waals surface area contributed by atoms with Crippen LogP contribution in [0, 0.1) is 0 Å². The zero-order valence-electron chi connectivity index (χ0n) is 10.7. The summed E-state index contributed by atoms with van der Waals surface area (Å²) in [6, 6.07) is 1.85. The molecule has 2 nitrogen and oxygen atoms in total. The average Bonchev–Trinajstić information content (AvgIpc) is 2.79. The van der Waals surface area contributed by atoms with E-state index in [1.807, 2.05) is 0 Å². The summed E-state index contributed by atoms with van der Waals surface area (Å²) in [7, 11) is 0. The van der Waals surface area contributed by atoms with Gasteiger partial charge in [-0.05, 0) is 45.1 Å². The summed E-state index contributed by atoms with van der Waals surface area (Å²) in [5.41, 5.74) is 0. The molecule has 0 aliphatic carbocycles. The summed E-state index contributed by atoms with van der Waals surface area (Å²) < 4.78 is 0. The fraction of sp³-hybridized carbons (Fsp3) is 1.00. The first-order valence-corrected chi connectivity index (χ1v) is 7.41. The van der Waals surface area contributed by atoms with E-state index in [-0.39, 0.29) is 0 Å². The zero-order valence-corrected chi connectivity index (χ0v) is 10.7. The van der Waals surface area contributed by atoms with Gasteiger partial charge >= 0.3 is 0 Å². The molecule has 92 valence electrons. The van der Waals surface area contributed by atoms with Crippen LogP contribution < -0.4 is 0 Å². The molecule has 0 aromatic carbocycles. The van der Waals surface area contributed by atoms with Crippen LogP contribution in [0.4, 0.5) is 0 Å². The Morgan fingerprint density at radius 3 is 2.75 bits per heavy atom. The summed E-state index contributed by atoms with van der Waals surface area (Å²) in [6.07, 6.45) is 12.4. The fourth-order valence-electron chi connectivity index (χ4n) is 4.29. The van der Waals surface area contributed by atoms with E-state index >= 15 is 0 Å². The highest BCUT2D eigenvalue weighted by Gasteiger charge is 2.43. The Labute approximate surface area is 100.0 Å². The second kappa shape index (κ2) is 4.66. The standard InChI is InChI=1S/C14H26N2/c1-2-6-12-11-13-7-3-4-9-15(13)14-8-5-10-16(12)14/h12-14H,2-11H2,1H3/t12-,13+,14-/m0/s1. The van der Waals surface area contributed by atoms with Crippen LogP contribution >= 0.6 is 0 Å². The normalized spacial score (nSPS) is 40.7. The van der Waals surface area contributed by atoms with Crippen molar-refractivity contribution in [3.63, 3.8) is 0 Å². The Bertz CT molecular complexity index is 241. The summed E-state index contributed by atoms with van der Waals surface area (Å²) in [4.78, 5) is 5.69. The summed E-state index contributed by atoms with van der Waals surface area (Å²) in [5.74, 6) is 0. The second-order valence-electron chi connectivity index (χ2n) is 5.93. The third-order valence-corrected chi connectivity index (χ3v) is 4.95. The molecule has 3 saturated heterocycles. The van der Waals surface area contributed by atoms with E-state index in [0.29, 0.717) is 0 Å². The lowest BCUT2D eigenvalue weighted by Gasteiger charge is -2.51. The number of fused-ring (bicyclic) bond motifs is 3. The molecule has 3 aliphatic heterocycles. The molecule has 0 saturated carbocycles. The Hall–Kier alpha value is -0.0800. The number of nitrogens with zero attached hydrogens (tertiary/aromatic N) is 2. The molecular weight excluding hydrogens is 196 g/mol. The third-order valence-electron chi connectivity index (χ3n) is 4.95. The number of hydrogen-bond donors (Lipinski definition) is 0. The number of hydrogen-bond acceptors (Lipinski definition) is 2. The summed E-state index contributed by atoms with van der Waals surface area (Å²) >= 11 is 0. The highest BCUT2D eigenvalue weighted by molar-refractivity contribution is 4.96. The van der Waals surface area contributed by atoms with Gasteiger partial charge in [0.25, 0.3) is 0 Å². The summed E-state index contributed by atoms with van der Waals surface area (Å²) in [5, 5.41) is 0. The van der Waals surface area contributed by atoms with Crippen molar-refractivity contribution in [3.05, 3.63) is 0 Å². The van der Waals surface area contributed by atoms with Gasteiger partial charge in [-0.15, -0.1) is 0 Å². The minimum absolute atomic E-state index is 0.829. The molecule has 0 spiro atoms. The minimum atomic E-state index is 0.829. The van der Waals surface area contributed by atoms with Gasteiger partial charge in [0.05, 0.1) is 6.17 Å². The SMILES string of the molecule is CCC[C@H]1C[C@H]2CCCCN2[C@@H]2CCCN12. The van der Waals surface area contributed by atoms with Crippen LogP contribution in [0.2, 0.25) is 0 Å². The van der Waals surface area contributed by atoms with Crippen LogP contribution in [0.5, 0.6) is 0 Å². The molecule has 0 N–H and O–H groups in total. The lowest BCUT2D eigenvalue weighted by molar-refractivity contribution is -0.0607. The molecular formula is C14H26N2. The monoisotopic (exact) mass is 222 g/mol. The van der Waals surface area contributed by atoms with Crippen molar-refractivity contribution in [2.75, 3.05) is 13.1 Å². The van der Waals surface area contributed by atoms with E-state index in [4.69, 9.17) is 0 Å². The smallest absolute Gasteiger partial charge is 0.0627 e. The van der Waals surface area contributed by atoms with Crippen LogP contribution in [0.1, 0.15) is 58.3 Å². The summed E-state index contributed by atoms with van der Waals surface area (Å²) in [6.45, 7) is 5.10. The lowest BCUT2D eigenvalue weighted by atomic mass is 9.89. The lowest BCUT2D eigenvalue weighted by Crippen LogP contribution is -2.60. The maximum Gasteiger partial charge on any atom is 0.0627 e. The Balaban J connectivity index is 1.75. The van der Waals surface area contributed by atoms with Crippen molar-refractivity contribution in [1.29, 1.82) is 0 Å². The first-order valence-electron chi connectivity index (χ1n) is 7.41. The van der Waals surface area contributed by atoms with Crippen molar-refractivity contribution in [2.45, 2.75) is 76.5 Å².